The Morgan fingerprint density at radius 1 is 1.28 bits per heavy atom. The van der Waals surface area contributed by atoms with Gasteiger partial charge in [0.2, 0.25) is 0 Å². The van der Waals surface area contributed by atoms with Crippen molar-refractivity contribution < 1.29 is 9.90 Å². The Morgan fingerprint density at radius 3 is 2.61 bits per heavy atom. The van der Waals surface area contributed by atoms with Crippen molar-refractivity contribution in [3.05, 3.63) is 48.0 Å². The van der Waals surface area contributed by atoms with Crippen LogP contribution in [0.2, 0.25) is 0 Å². The van der Waals surface area contributed by atoms with Crippen molar-refractivity contribution in [1.29, 1.82) is 0 Å². The molecule has 0 radical (unpaired) electrons. The molecule has 0 spiro atoms. The summed E-state index contributed by atoms with van der Waals surface area (Å²) in [4.78, 5) is 12.1. The Morgan fingerprint density at radius 2 is 1.94 bits per heavy atom. The van der Waals surface area contributed by atoms with Crippen LogP contribution in [0.5, 0.6) is 0 Å². The van der Waals surface area contributed by atoms with E-state index in [1.54, 1.807) is 6.08 Å². The van der Waals surface area contributed by atoms with Gasteiger partial charge in [-0.25, -0.2) is 0 Å². The van der Waals surface area contributed by atoms with E-state index in [-0.39, 0.29) is 5.78 Å². The normalized spacial score (nSPS) is 18.3. The van der Waals surface area contributed by atoms with E-state index in [2.05, 4.69) is 6.58 Å². The number of allylic oxidation sites excluding steroid dienone is 1. The van der Waals surface area contributed by atoms with Crippen molar-refractivity contribution in [3.63, 3.8) is 0 Å². The molecule has 1 aromatic carbocycles. The molecule has 1 fully saturated rings. The maximum absolute atomic E-state index is 12.1. The molecule has 1 aliphatic carbocycles. The van der Waals surface area contributed by atoms with Crippen LogP contribution >= 0.6 is 0 Å². The van der Waals surface area contributed by atoms with Gasteiger partial charge >= 0.3 is 0 Å². The Labute approximate surface area is 108 Å². The summed E-state index contributed by atoms with van der Waals surface area (Å²) in [5.74, 6) is 0.0413. The molecule has 1 saturated carbocycles. The molecule has 0 aromatic heterocycles. The molecule has 1 aromatic rings. The lowest BCUT2D eigenvalue weighted by Gasteiger charge is -2.33. The molecular formula is C16H20O2. The molecule has 1 N–H and O–H groups in total. The van der Waals surface area contributed by atoms with Crippen molar-refractivity contribution in [2.45, 2.75) is 44.1 Å². The molecule has 0 amide bonds. The summed E-state index contributed by atoms with van der Waals surface area (Å²) >= 11 is 0. The summed E-state index contributed by atoms with van der Waals surface area (Å²) < 4.78 is 0. The van der Waals surface area contributed by atoms with E-state index < -0.39 is 5.60 Å². The third-order valence-corrected chi connectivity index (χ3v) is 3.74. The van der Waals surface area contributed by atoms with Gasteiger partial charge in [0.1, 0.15) is 0 Å². The molecule has 2 heteroatoms. The number of hydrogen-bond donors (Lipinski definition) is 1. The van der Waals surface area contributed by atoms with Gasteiger partial charge in [0, 0.05) is 12.0 Å². The van der Waals surface area contributed by atoms with Crippen LogP contribution in [0.25, 0.3) is 0 Å². The van der Waals surface area contributed by atoms with Gasteiger partial charge in [-0.1, -0.05) is 49.6 Å². The fourth-order valence-corrected chi connectivity index (χ4v) is 2.78. The van der Waals surface area contributed by atoms with Crippen molar-refractivity contribution in [2.75, 3.05) is 0 Å². The van der Waals surface area contributed by atoms with Crippen LogP contribution in [0, 0.1) is 0 Å². The fourth-order valence-electron chi connectivity index (χ4n) is 2.78. The number of Topliss-reactive ketones (excluding diaryl/α,β-unsaturated/α-hetero) is 1. The van der Waals surface area contributed by atoms with E-state index in [1.165, 1.54) is 6.42 Å². The van der Waals surface area contributed by atoms with Crippen LogP contribution in [-0.2, 0) is 5.60 Å². The molecule has 1 aliphatic rings. The molecular weight excluding hydrogens is 224 g/mol. The van der Waals surface area contributed by atoms with E-state index in [1.807, 2.05) is 24.3 Å². The lowest BCUT2D eigenvalue weighted by molar-refractivity contribution is -0.00133. The smallest absolute Gasteiger partial charge is 0.166 e. The summed E-state index contributed by atoms with van der Waals surface area (Å²) in [5.41, 5.74) is 0.643. The molecule has 2 nitrogen and oxygen atoms in total. The zero-order chi connectivity index (χ0) is 13.0. The Kier molecular flexibility index (Phi) is 3.97. The highest BCUT2D eigenvalue weighted by atomic mass is 16.3. The molecule has 0 saturated heterocycles. The van der Waals surface area contributed by atoms with E-state index in [0.29, 0.717) is 12.0 Å². The van der Waals surface area contributed by atoms with Crippen molar-refractivity contribution in [1.82, 2.24) is 0 Å². The molecule has 0 unspecified atom stereocenters. The van der Waals surface area contributed by atoms with Gasteiger partial charge in [-0.3, -0.25) is 4.79 Å². The quantitative estimate of drug-likeness (QED) is 0.649. The highest BCUT2D eigenvalue weighted by Gasteiger charge is 2.33. The van der Waals surface area contributed by atoms with Crippen LogP contribution in [0.4, 0.5) is 0 Å². The van der Waals surface area contributed by atoms with Gasteiger partial charge in [0.25, 0.3) is 0 Å². The zero-order valence-corrected chi connectivity index (χ0v) is 10.7. The van der Waals surface area contributed by atoms with Gasteiger partial charge in [-0.2, -0.15) is 0 Å². The number of rotatable bonds is 4. The molecule has 0 heterocycles. The first-order chi connectivity index (χ1) is 8.67. The Balaban J connectivity index is 2.37. The summed E-state index contributed by atoms with van der Waals surface area (Å²) in [6, 6.07) is 7.45. The van der Waals surface area contributed by atoms with Crippen LogP contribution in [0.15, 0.2) is 36.9 Å². The summed E-state index contributed by atoms with van der Waals surface area (Å²) in [7, 11) is 0. The van der Waals surface area contributed by atoms with Crippen LogP contribution < -0.4 is 0 Å². The second-order valence-electron chi connectivity index (χ2n) is 5.05. The monoisotopic (exact) mass is 244 g/mol. The second-order valence-corrected chi connectivity index (χ2v) is 5.05. The van der Waals surface area contributed by atoms with Gasteiger partial charge in [0.15, 0.2) is 5.78 Å². The average Bonchev–Trinajstić information content (AvgIpc) is 2.40. The minimum absolute atomic E-state index is 0.0413. The van der Waals surface area contributed by atoms with E-state index in [0.717, 1.165) is 31.2 Å². The molecule has 18 heavy (non-hydrogen) atoms. The SMILES string of the molecule is C=CCC(=O)c1ccccc1C1(O)CCCCC1. The second kappa shape index (κ2) is 5.49. The van der Waals surface area contributed by atoms with Crippen LogP contribution in [-0.4, -0.2) is 10.9 Å². The largest absolute Gasteiger partial charge is 0.385 e. The highest BCUT2D eigenvalue weighted by molar-refractivity contribution is 5.98. The summed E-state index contributed by atoms with van der Waals surface area (Å²) in [5, 5.41) is 10.8. The molecule has 0 bridgehead atoms. The minimum atomic E-state index is -0.814. The van der Waals surface area contributed by atoms with Gasteiger partial charge < -0.3 is 5.11 Å². The lowest BCUT2D eigenvalue weighted by atomic mass is 9.77. The van der Waals surface area contributed by atoms with Gasteiger partial charge in [-0.15, -0.1) is 6.58 Å². The van der Waals surface area contributed by atoms with E-state index in [9.17, 15) is 9.90 Å². The van der Waals surface area contributed by atoms with Crippen LogP contribution in [0.1, 0.15) is 54.4 Å². The maximum Gasteiger partial charge on any atom is 0.166 e. The van der Waals surface area contributed by atoms with E-state index in [4.69, 9.17) is 0 Å². The molecule has 96 valence electrons. The minimum Gasteiger partial charge on any atom is -0.385 e. The molecule has 0 aliphatic heterocycles. The number of aliphatic hydroxyl groups is 1. The first-order valence-corrected chi connectivity index (χ1v) is 6.63. The van der Waals surface area contributed by atoms with Crippen molar-refractivity contribution in [3.8, 4) is 0 Å². The number of benzene rings is 1. The lowest BCUT2D eigenvalue weighted by Crippen LogP contribution is -2.30. The van der Waals surface area contributed by atoms with Crippen molar-refractivity contribution >= 4 is 5.78 Å². The van der Waals surface area contributed by atoms with Crippen LogP contribution in [0.3, 0.4) is 0 Å². The molecule has 2 rings (SSSR count). The van der Waals surface area contributed by atoms with Crippen molar-refractivity contribution in [2.24, 2.45) is 0 Å². The van der Waals surface area contributed by atoms with Gasteiger partial charge in [0.05, 0.1) is 5.60 Å². The van der Waals surface area contributed by atoms with Gasteiger partial charge in [-0.05, 0) is 18.4 Å². The predicted octanol–water partition coefficient (Wildman–Crippen LogP) is 3.60. The maximum atomic E-state index is 12.1. The topological polar surface area (TPSA) is 37.3 Å². The Hall–Kier alpha value is -1.41. The number of ketones is 1. The third-order valence-electron chi connectivity index (χ3n) is 3.74. The average molecular weight is 244 g/mol. The summed E-state index contributed by atoms with van der Waals surface area (Å²) in [6.07, 6.45) is 6.68. The van der Waals surface area contributed by atoms with E-state index >= 15 is 0 Å². The fraction of sp³-hybridized carbons (Fsp3) is 0.438. The predicted molar refractivity (Wildman–Crippen MR) is 72.6 cm³/mol. The number of hydrogen-bond acceptors (Lipinski definition) is 2. The number of carbonyl (C=O) groups is 1. The standard InChI is InChI=1S/C16H20O2/c1-2-8-15(17)13-9-4-5-10-14(13)16(18)11-6-3-7-12-16/h2,4-5,9-10,18H,1,3,6-8,11-12H2. The first kappa shape index (κ1) is 13.0. The zero-order valence-electron chi connectivity index (χ0n) is 10.7. The highest BCUT2D eigenvalue weighted by Crippen LogP contribution is 2.38. The third kappa shape index (κ3) is 2.54. The summed E-state index contributed by atoms with van der Waals surface area (Å²) in [6.45, 7) is 3.60. The molecule has 0 atom stereocenters. The first-order valence-electron chi connectivity index (χ1n) is 6.63. The number of carbonyl (C=O) groups excluding carboxylic acids is 1. The Bertz CT molecular complexity index is 442.